The molecule has 13 heavy (non-hydrogen) atoms. The highest BCUT2D eigenvalue weighted by molar-refractivity contribution is 4.93. The molecule has 0 aliphatic carbocycles. The number of nitrogens with two attached hydrogens (primary N) is 1. The molecular weight excluding hydrogens is 164 g/mol. The largest absolute Gasteiger partial charge is 0.392 e. The Balaban J connectivity index is 2.64. The summed E-state index contributed by atoms with van der Waals surface area (Å²) >= 11 is 0. The van der Waals surface area contributed by atoms with Crippen LogP contribution in [0.25, 0.3) is 0 Å². The van der Waals surface area contributed by atoms with Gasteiger partial charge in [0.2, 0.25) is 0 Å². The molecule has 3 heteroatoms. The number of β-amino-alcohol motifs (C(OH)–C–C–N with tert-alkyl or cyclic N) is 1. The van der Waals surface area contributed by atoms with Crippen LogP contribution >= 0.6 is 0 Å². The first-order valence-corrected chi connectivity index (χ1v) is 5.31. The monoisotopic (exact) mass is 186 g/mol. The van der Waals surface area contributed by atoms with Crippen LogP contribution in [0.3, 0.4) is 0 Å². The second-order valence-electron chi connectivity index (χ2n) is 4.02. The van der Waals surface area contributed by atoms with Crippen LogP contribution in [0.2, 0.25) is 0 Å². The summed E-state index contributed by atoms with van der Waals surface area (Å²) in [5, 5.41) is 9.47. The Hall–Kier alpha value is -0.120. The van der Waals surface area contributed by atoms with Gasteiger partial charge in [-0.1, -0.05) is 13.8 Å². The maximum absolute atomic E-state index is 9.47. The molecule has 1 aliphatic rings. The number of aliphatic hydroxyl groups excluding tert-OH is 1. The molecule has 1 rings (SSSR count). The lowest BCUT2D eigenvalue weighted by Crippen LogP contribution is -2.52. The van der Waals surface area contributed by atoms with Gasteiger partial charge in [-0.25, -0.2) is 0 Å². The van der Waals surface area contributed by atoms with Gasteiger partial charge in [0.15, 0.2) is 0 Å². The van der Waals surface area contributed by atoms with Crippen molar-refractivity contribution in [1.82, 2.24) is 4.90 Å². The van der Waals surface area contributed by atoms with Crippen molar-refractivity contribution >= 4 is 0 Å². The van der Waals surface area contributed by atoms with Crippen LogP contribution in [0, 0.1) is 0 Å². The van der Waals surface area contributed by atoms with Gasteiger partial charge in [-0.2, -0.15) is 0 Å². The fourth-order valence-corrected chi connectivity index (χ4v) is 2.29. The molecule has 1 atom stereocenters. The zero-order chi connectivity index (χ0) is 9.90. The number of nitrogens with zero attached hydrogens (tertiary/aromatic N) is 1. The van der Waals surface area contributed by atoms with Crippen LogP contribution in [0.4, 0.5) is 0 Å². The first-order chi connectivity index (χ1) is 6.18. The zero-order valence-corrected chi connectivity index (χ0v) is 8.79. The highest BCUT2D eigenvalue weighted by atomic mass is 16.3. The molecule has 0 spiro atoms. The smallest absolute Gasteiger partial charge is 0.0679 e. The molecule has 0 saturated carbocycles. The average Bonchev–Trinajstić information content (AvgIpc) is 2.57. The van der Waals surface area contributed by atoms with Gasteiger partial charge in [0, 0.05) is 25.2 Å². The maximum atomic E-state index is 9.47. The minimum absolute atomic E-state index is 0.135. The van der Waals surface area contributed by atoms with Crippen LogP contribution < -0.4 is 5.73 Å². The van der Waals surface area contributed by atoms with E-state index in [9.17, 15) is 5.11 Å². The van der Waals surface area contributed by atoms with Crippen molar-refractivity contribution in [1.29, 1.82) is 0 Å². The SMILES string of the molecule is CCC(CC)(CN)N1CCC(O)C1. The minimum Gasteiger partial charge on any atom is -0.392 e. The predicted octanol–water partition coefficient (Wildman–Crippen LogP) is 0.571. The molecule has 3 nitrogen and oxygen atoms in total. The summed E-state index contributed by atoms with van der Waals surface area (Å²) in [5.41, 5.74) is 5.97. The van der Waals surface area contributed by atoms with E-state index in [1.807, 2.05) is 0 Å². The Morgan fingerprint density at radius 1 is 1.46 bits per heavy atom. The van der Waals surface area contributed by atoms with Crippen LogP contribution in [-0.2, 0) is 0 Å². The van der Waals surface area contributed by atoms with E-state index >= 15 is 0 Å². The lowest BCUT2D eigenvalue weighted by molar-refractivity contribution is 0.0903. The second-order valence-corrected chi connectivity index (χ2v) is 4.02. The molecule has 0 aromatic rings. The van der Waals surface area contributed by atoms with Crippen molar-refractivity contribution in [3.05, 3.63) is 0 Å². The van der Waals surface area contributed by atoms with Crippen molar-refractivity contribution in [3.8, 4) is 0 Å². The van der Waals surface area contributed by atoms with Crippen LogP contribution in [0.5, 0.6) is 0 Å². The van der Waals surface area contributed by atoms with E-state index in [0.717, 1.165) is 32.4 Å². The normalized spacial score (nSPS) is 25.4. The van der Waals surface area contributed by atoms with E-state index in [1.54, 1.807) is 0 Å². The first kappa shape index (κ1) is 11.0. The summed E-state index contributed by atoms with van der Waals surface area (Å²) in [7, 11) is 0. The van der Waals surface area contributed by atoms with Gasteiger partial charge < -0.3 is 10.8 Å². The number of hydrogen-bond donors (Lipinski definition) is 2. The topological polar surface area (TPSA) is 49.5 Å². The van der Waals surface area contributed by atoms with Gasteiger partial charge in [0.1, 0.15) is 0 Å². The van der Waals surface area contributed by atoms with Gasteiger partial charge in [0.25, 0.3) is 0 Å². The fraction of sp³-hybridized carbons (Fsp3) is 1.00. The Bertz CT molecular complexity index is 149. The molecule has 1 saturated heterocycles. The Kier molecular flexibility index (Phi) is 3.71. The molecule has 78 valence electrons. The van der Waals surface area contributed by atoms with E-state index in [4.69, 9.17) is 5.73 Å². The number of hydrogen-bond acceptors (Lipinski definition) is 3. The maximum Gasteiger partial charge on any atom is 0.0679 e. The molecule has 1 aliphatic heterocycles. The fourth-order valence-electron chi connectivity index (χ4n) is 2.29. The third-order valence-corrected chi connectivity index (χ3v) is 3.53. The molecule has 1 fully saturated rings. The van der Waals surface area contributed by atoms with E-state index in [-0.39, 0.29) is 11.6 Å². The molecule has 3 N–H and O–H groups in total. The van der Waals surface area contributed by atoms with Gasteiger partial charge in [-0.3, -0.25) is 4.90 Å². The standard InChI is InChI=1S/C10H22N2O/c1-3-10(4-2,8-11)12-6-5-9(13)7-12/h9,13H,3-8,11H2,1-2H3. The summed E-state index contributed by atoms with van der Waals surface area (Å²) in [6.07, 6.45) is 2.92. The number of aliphatic hydroxyl groups is 1. The Morgan fingerprint density at radius 2 is 2.08 bits per heavy atom. The minimum atomic E-state index is -0.135. The summed E-state index contributed by atoms with van der Waals surface area (Å²) in [4.78, 5) is 2.36. The Morgan fingerprint density at radius 3 is 2.38 bits per heavy atom. The molecular formula is C10H22N2O. The lowest BCUT2D eigenvalue weighted by atomic mass is 9.91. The van der Waals surface area contributed by atoms with E-state index in [2.05, 4.69) is 18.7 Å². The number of rotatable bonds is 4. The molecule has 0 bridgehead atoms. The summed E-state index contributed by atoms with van der Waals surface area (Å²) in [6.45, 7) is 6.87. The molecule has 0 amide bonds. The quantitative estimate of drug-likeness (QED) is 0.675. The summed E-state index contributed by atoms with van der Waals surface area (Å²) in [5.74, 6) is 0. The predicted molar refractivity (Wildman–Crippen MR) is 54.6 cm³/mol. The van der Waals surface area contributed by atoms with Crippen molar-refractivity contribution in [3.63, 3.8) is 0 Å². The van der Waals surface area contributed by atoms with Gasteiger partial charge in [-0.05, 0) is 19.3 Å². The number of likely N-dealkylation sites (tertiary alicyclic amines) is 1. The van der Waals surface area contributed by atoms with E-state index in [0.29, 0.717) is 6.54 Å². The Labute approximate surface area is 80.9 Å². The molecule has 1 heterocycles. The van der Waals surface area contributed by atoms with Crippen molar-refractivity contribution < 1.29 is 5.11 Å². The third-order valence-electron chi connectivity index (χ3n) is 3.53. The van der Waals surface area contributed by atoms with Crippen molar-refractivity contribution in [2.75, 3.05) is 19.6 Å². The zero-order valence-electron chi connectivity index (χ0n) is 8.79. The van der Waals surface area contributed by atoms with Gasteiger partial charge >= 0.3 is 0 Å². The van der Waals surface area contributed by atoms with Crippen molar-refractivity contribution in [2.45, 2.75) is 44.8 Å². The van der Waals surface area contributed by atoms with Crippen LogP contribution in [0.1, 0.15) is 33.1 Å². The van der Waals surface area contributed by atoms with E-state index < -0.39 is 0 Å². The summed E-state index contributed by atoms with van der Waals surface area (Å²) < 4.78 is 0. The second kappa shape index (κ2) is 4.40. The molecule has 0 aromatic heterocycles. The van der Waals surface area contributed by atoms with Gasteiger partial charge in [-0.15, -0.1) is 0 Å². The molecule has 1 unspecified atom stereocenters. The van der Waals surface area contributed by atoms with Gasteiger partial charge in [0.05, 0.1) is 6.10 Å². The third kappa shape index (κ3) is 2.03. The lowest BCUT2D eigenvalue weighted by Gasteiger charge is -2.39. The molecule has 0 radical (unpaired) electrons. The highest BCUT2D eigenvalue weighted by Gasteiger charge is 2.36. The van der Waals surface area contributed by atoms with Crippen molar-refractivity contribution in [2.24, 2.45) is 5.73 Å². The van der Waals surface area contributed by atoms with E-state index in [1.165, 1.54) is 0 Å². The summed E-state index contributed by atoms with van der Waals surface area (Å²) in [6, 6.07) is 0. The average molecular weight is 186 g/mol. The van der Waals surface area contributed by atoms with Crippen LogP contribution in [0.15, 0.2) is 0 Å². The molecule has 0 aromatic carbocycles. The highest BCUT2D eigenvalue weighted by Crippen LogP contribution is 2.27. The van der Waals surface area contributed by atoms with Crippen LogP contribution in [-0.4, -0.2) is 41.3 Å². The first-order valence-electron chi connectivity index (χ1n) is 5.31.